The van der Waals surface area contributed by atoms with Crippen LogP contribution in [0.15, 0.2) is 116 Å². The van der Waals surface area contributed by atoms with E-state index in [9.17, 15) is 0 Å². The van der Waals surface area contributed by atoms with Gasteiger partial charge in [0.15, 0.2) is 0 Å². The van der Waals surface area contributed by atoms with Crippen molar-refractivity contribution < 1.29 is 20.1 Å². The Balaban J connectivity index is 0.000000146. The molecule has 0 saturated heterocycles. The summed E-state index contributed by atoms with van der Waals surface area (Å²) in [7, 11) is 0. The molecule has 0 aliphatic heterocycles. The zero-order valence-corrected chi connectivity index (χ0v) is 26.4. The Kier molecular flexibility index (Phi) is 7.86. The minimum Gasteiger partial charge on any atom is -0.327 e. The second-order valence-corrected chi connectivity index (χ2v) is 11.3. The van der Waals surface area contributed by atoms with Gasteiger partial charge in [0.05, 0.1) is 11.0 Å². The molecule has 3 aliphatic rings. The fraction of sp³-hybridized carbons (Fsp3) is 0.158. The molecule has 0 amide bonds. The molecule has 1 fully saturated rings. The molecule has 2 bridgehead atoms. The van der Waals surface area contributed by atoms with E-state index in [1.807, 2.05) is 79.5 Å². The Morgan fingerprint density at radius 3 is 1.80 bits per heavy atom. The van der Waals surface area contributed by atoms with Crippen LogP contribution in [-0.2, 0) is 20.1 Å². The minimum absolute atomic E-state index is 0. The maximum absolute atomic E-state index is 4.44. The van der Waals surface area contributed by atoms with E-state index in [-0.39, 0.29) is 20.1 Å². The maximum Gasteiger partial charge on any atom is 0.0555 e. The third-order valence-corrected chi connectivity index (χ3v) is 8.92. The molecule has 217 valence electrons. The maximum atomic E-state index is 4.44. The van der Waals surface area contributed by atoms with Gasteiger partial charge in [-0.3, -0.25) is 9.97 Å². The second-order valence-electron chi connectivity index (χ2n) is 11.3. The van der Waals surface area contributed by atoms with Gasteiger partial charge in [-0.05, 0) is 60.1 Å². The van der Waals surface area contributed by atoms with E-state index in [0.717, 1.165) is 61.8 Å². The molecule has 10 rings (SSSR count). The Bertz CT molecular complexity index is 1990. The fourth-order valence-electron chi connectivity index (χ4n) is 6.86. The van der Waals surface area contributed by atoms with Gasteiger partial charge < -0.3 is 14.5 Å². The third kappa shape index (κ3) is 5.15. The van der Waals surface area contributed by atoms with Gasteiger partial charge in [-0.1, -0.05) is 43.0 Å². The molecule has 6 heteroatoms. The average Bonchev–Trinajstić information content (AvgIpc) is 3.44. The second kappa shape index (κ2) is 12.2. The number of pyridine rings is 4. The molecular formula is C38H29IrN5-2. The van der Waals surface area contributed by atoms with Crippen LogP contribution in [0.25, 0.3) is 50.0 Å². The zero-order chi connectivity index (χ0) is 28.6. The third-order valence-electron chi connectivity index (χ3n) is 8.92. The van der Waals surface area contributed by atoms with Crippen LogP contribution >= 0.6 is 0 Å². The number of hydrogen-bond acceptors (Lipinski definition) is 4. The van der Waals surface area contributed by atoms with Crippen molar-refractivity contribution in [3.63, 3.8) is 0 Å². The topological polar surface area (TPSA) is 56.5 Å². The molecule has 2 aromatic carbocycles. The molecule has 5 heterocycles. The van der Waals surface area contributed by atoms with Crippen LogP contribution in [0, 0.1) is 12.1 Å². The van der Waals surface area contributed by atoms with Crippen LogP contribution in [-0.4, -0.2) is 24.5 Å². The molecule has 1 radical (unpaired) electrons. The smallest absolute Gasteiger partial charge is 0.0555 e. The summed E-state index contributed by atoms with van der Waals surface area (Å²) in [6.45, 7) is 0. The first-order valence-corrected chi connectivity index (χ1v) is 14.9. The minimum atomic E-state index is 0. The summed E-state index contributed by atoms with van der Waals surface area (Å²) < 4.78 is 2.23. The number of fused-ring (bicyclic) bond motifs is 5. The van der Waals surface area contributed by atoms with E-state index in [4.69, 9.17) is 0 Å². The van der Waals surface area contributed by atoms with E-state index < -0.39 is 0 Å². The summed E-state index contributed by atoms with van der Waals surface area (Å²) in [4.78, 5) is 17.4. The Hall–Kier alpha value is -4.51. The van der Waals surface area contributed by atoms with Crippen molar-refractivity contribution in [2.24, 2.45) is 0 Å². The molecular weight excluding hydrogens is 719 g/mol. The van der Waals surface area contributed by atoms with Crippen molar-refractivity contribution in [3.8, 4) is 28.2 Å². The first-order chi connectivity index (χ1) is 21.3. The van der Waals surface area contributed by atoms with Gasteiger partial charge in [0.25, 0.3) is 0 Å². The molecule has 7 aromatic rings. The summed E-state index contributed by atoms with van der Waals surface area (Å²) in [6, 6.07) is 33.5. The first kappa shape index (κ1) is 28.3. The number of benzene rings is 2. The van der Waals surface area contributed by atoms with Gasteiger partial charge in [-0.25, -0.2) is 0 Å². The molecule has 0 N–H and O–H groups in total. The van der Waals surface area contributed by atoms with E-state index in [1.54, 1.807) is 17.3 Å². The quantitative estimate of drug-likeness (QED) is 0.170. The first-order valence-electron chi connectivity index (χ1n) is 14.9. The molecule has 1 saturated carbocycles. The van der Waals surface area contributed by atoms with Crippen LogP contribution < -0.4 is 0 Å². The normalized spacial score (nSPS) is 16.5. The molecule has 5 aromatic heterocycles. The number of hydrogen-bond donors (Lipinski definition) is 0. The summed E-state index contributed by atoms with van der Waals surface area (Å²) in [6.07, 6.45) is 16.6. The summed E-state index contributed by atoms with van der Waals surface area (Å²) in [5, 5.41) is 2.19. The van der Waals surface area contributed by atoms with Crippen molar-refractivity contribution in [1.82, 2.24) is 24.5 Å². The number of nitrogens with zero attached hydrogens (tertiary/aromatic N) is 5. The van der Waals surface area contributed by atoms with Crippen molar-refractivity contribution in [2.75, 3.05) is 0 Å². The van der Waals surface area contributed by atoms with Gasteiger partial charge in [-0.2, -0.15) is 0 Å². The van der Waals surface area contributed by atoms with Crippen LogP contribution in [0.2, 0.25) is 0 Å². The largest absolute Gasteiger partial charge is 0.327 e. The fourth-order valence-corrected chi connectivity index (χ4v) is 6.86. The number of rotatable bonds is 3. The van der Waals surface area contributed by atoms with E-state index >= 15 is 0 Å². The summed E-state index contributed by atoms with van der Waals surface area (Å²) in [5.74, 6) is 1.60. The zero-order valence-electron chi connectivity index (χ0n) is 24.0. The predicted molar refractivity (Wildman–Crippen MR) is 171 cm³/mol. The molecule has 44 heavy (non-hydrogen) atoms. The van der Waals surface area contributed by atoms with Gasteiger partial charge in [0.2, 0.25) is 0 Å². The SMILES string of the molecule is [Ir].[c-]1cc2c(cc1-c1ccccn1)C1CCC2CC1.[c-]1ccc(-n2c3ccncc3c3cnccc32)cc1-c1ccccn1. The molecule has 0 atom stereocenters. The van der Waals surface area contributed by atoms with Gasteiger partial charge in [0, 0.05) is 68.1 Å². The predicted octanol–water partition coefficient (Wildman–Crippen LogP) is 8.74. The van der Waals surface area contributed by atoms with Crippen LogP contribution in [0.5, 0.6) is 0 Å². The van der Waals surface area contributed by atoms with Crippen molar-refractivity contribution >= 4 is 21.8 Å². The Labute approximate surface area is 270 Å². The van der Waals surface area contributed by atoms with Crippen molar-refractivity contribution in [1.29, 1.82) is 0 Å². The molecule has 0 spiro atoms. The monoisotopic (exact) mass is 748 g/mol. The van der Waals surface area contributed by atoms with E-state index in [1.165, 1.54) is 25.7 Å². The van der Waals surface area contributed by atoms with Gasteiger partial charge in [0.1, 0.15) is 0 Å². The molecule has 5 nitrogen and oxygen atoms in total. The summed E-state index contributed by atoms with van der Waals surface area (Å²) in [5.41, 5.74) is 10.5. The standard InChI is InChI=1S/C21H13N4.C17H16N.Ir/c1-2-9-24-19(6-1)15-4-3-5-16(12-15)25-20-7-10-22-13-17(20)18-14-23-11-8-21(18)25;1-2-10-18-17(3-1)14-8-9-15-12-4-6-13(7-5-12)16(15)11-14;/h1-3,5-14H;1-3,9-13H,4-7H2;/q2*-1;. The molecule has 3 aliphatic carbocycles. The van der Waals surface area contributed by atoms with Crippen LogP contribution in [0.3, 0.4) is 0 Å². The summed E-state index contributed by atoms with van der Waals surface area (Å²) >= 11 is 0. The van der Waals surface area contributed by atoms with Crippen LogP contribution in [0.4, 0.5) is 0 Å². The molecule has 0 unspecified atom stereocenters. The van der Waals surface area contributed by atoms with Crippen molar-refractivity contribution in [2.45, 2.75) is 37.5 Å². The Morgan fingerprint density at radius 1 is 0.614 bits per heavy atom. The van der Waals surface area contributed by atoms with Gasteiger partial charge >= 0.3 is 0 Å². The van der Waals surface area contributed by atoms with Crippen molar-refractivity contribution in [3.05, 3.63) is 139 Å². The van der Waals surface area contributed by atoms with E-state index in [2.05, 4.69) is 67.0 Å². The van der Waals surface area contributed by atoms with Crippen LogP contribution in [0.1, 0.15) is 48.6 Å². The Morgan fingerprint density at radius 2 is 1.20 bits per heavy atom. The van der Waals surface area contributed by atoms with Gasteiger partial charge in [-0.15, -0.1) is 64.7 Å². The van der Waals surface area contributed by atoms with E-state index in [0.29, 0.717) is 0 Å². The average molecular weight is 748 g/mol. The number of aromatic nitrogens is 5.